The molecule has 3 atom stereocenters. The predicted molar refractivity (Wildman–Crippen MR) is 81.5 cm³/mol. The second-order valence-corrected chi connectivity index (χ2v) is 7.14. The highest BCUT2D eigenvalue weighted by molar-refractivity contribution is 5.80. The van der Waals surface area contributed by atoms with Crippen molar-refractivity contribution in [1.82, 2.24) is 5.32 Å². The predicted octanol–water partition coefficient (Wildman–Crippen LogP) is 3.67. The van der Waals surface area contributed by atoms with E-state index in [-0.39, 0.29) is 18.1 Å². The van der Waals surface area contributed by atoms with Gasteiger partial charge < -0.3 is 10.1 Å². The maximum Gasteiger partial charge on any atom is 0.249 e. The van der Waals surface area contributed by atoms with Gasteiger partial charge in [-0.1, -0.05) is 26.7 Å². The average molecular weight is 281 g/mol. The zero-order valence-corrected chi connectivity index (χ0v) is 13.4. The van der Waals surface area contributed by atoms with Crippen LogP contribution in [0.1, 0.15) is 72.1 Å². The summed E-state index contributed by atoms with van der Waals surface area (Å²) in [7, 11) is 0. The number of rotatable bonds is 4. The fourth-order valence-electron chi connectivity index (χ4n) is 3.58. The van der Waals surface area contributed by atoms with Crippen molar-refractivity contribution in [3.8, 4) is 0 Å². The van der Waals surface area contributed by atoms with Crippen LogP contribution in [0.2, 0.25) is 0 Å². The molecule has 2 fully saturated rings. The van der Waals surface area contributed by atoms with E-state index in [0.717, 1.165) is 37.5 Å². The summed E-state index contributed by atoms with van der Waals surface area (Å²) < 4.78 is 5.97. The van der Waals surface area contributed by atoms with Crippen molar-refractivity contribution >= 4 is 5.91 Å². The number of hydrogen-bond acceptors (Lipinski definition) is 2. The number of carbonyl (C=O) groups excluding carboxylic acids is 1. The Bertz CT molecular complexity index is 310. The number of carbonyl (C=O) groups is 1. The van der Waals surface area contributed by atoms with E-state index in [1.54, 1.807) is 0 Å². The zero-order valence-electron chi connectivity index (χ0n) is 13.4. The van der Waals surface area contributed by atoms with Crippen LogP contribution in [0.25, 0.3) is 0 Å². The van der Waals surface area contributed by atoms with Crippen LogP contribution in [0.3, 0.4) is 0 Å². The van der Waals surface area contributed by atoms with Gasteiger partial charge in [0.25, 0.3) is 0 Å². The Morgan fingerprint density at radius 1 is 1.05 bits per heavy atom. The molecule has 0 bridgehead atoms. The van der Waals surface area contributed by atoms with Crippen molar-refractivity contribution < 1.29 is 9.53 Å². The van der Waals surface area contributed by atoms with Crippen LogP contribution in [0.4, 0.5) is 0 Å². The molecule has 0 radical (unpaired) electrons. The SMILES string of the molecule is CC1CCC(NC(=O)[C@@H](C)O[C@H]2CCC[C@@H](C)C2)CC1. The summed E-state index contributed by atoms with van der Waals surface area (Å²) in [6.45, 7) is 6.48. The monoisotopic (exact) mass is 281 g/mol. The minimum Gasteiger partial charge on any atom is -0.365 e. The molecule has 2 rings (SSSR count). The molecule has 0 unspecified atom stereocenters. The lowest BCUT2D eigenvalue weighted by molar-refractivity contribution is -0.138. The smallest absolute Gasteiger partial charge is 0.249 e. The van der Waals surface area contributed by atoms with Gasteiger partial charge in [-0.05, 0) is 57.3 Å². The molecule has 0 aromatic carbocycles. The van der Waals surface area contributed by atoms with Crippen LogP contribution >= 0.6 is 0 Å². The topological polar surface area (TPSA) is 38.3 Å². The lowest BCUT2D eigenvalue weighted by atomic mass is 9.87. The quantitative estimate of drug-likeness (QED) is 0.854. The molecule has 0 spiro atoms. The molecule has 20 heavy (non-hydrogen) atoms. The summed E-state index contributed by atoms with van der Waals surface area (Å²) in [4.78, 5) is 12.2. The Morgan fingerprint density at radius 2 is 1.75 bits per heavy atom. The summed E-state index contributed by atoms with van der Waals surface area (Å²) in [6, 6.07) is 0.370. The van der Waals surface area contributed by atoms with Crippen molar-refractivity contribution in [1.29, 1.82) is 0 Å². The van der Waals surface area contributed by atoms with E-state index < -0.39 is 0 Å². The molecule has 0 saturated heterocycles. The number of nitrogens with one attached hydrogen (secondary N) is 1. The van der Waals surface area contributed by atoms with Crippen molar-refractivity contribution in [3.05, 3.63) is 0 Å². The zero-order chi connectivity index (χ0) is 14.5. The summed E-state index contributed by atoms with van der Waals surface area (Å²) in [6.07, 6.45) is 9.47. The van der Waals surface area contributed by atoms with Gasteiger partial charge in [0.2, 0.25) is 5.91 Å². The highest BCUT2D eigenvalue weighted by Crippen LogP contribution is 2.27. The van der Waals surface area contributed by atoms with E-state index in [2.05, 4.69) is 19.2 Å². The van der Waals surface area contributed by atoms with E-state index in [0.29, 0.717) is 6.04 Å². The molecule has 2 aliphatic carbocycles. The second kappa shape index (κ2) is 7.44. The molecule has 0 aromatic heterocycles. The van der Waals surface area contributed by atoms with Crippen molar-refractivity contribution in [2.45, 2.75) is 90.4 Å². The summed E-state index contributed by atoms with van der Waals surface area (Å²) in [5.41, 5.74) is 0. The van der Waals surface area contributed by atoms with Crippen molar-refractivity contribution in [3.63, 3.8) is 0 Å². The van der Waals surface area contributed by atoms with Gasteiger partial charge in [-0.2, -0.15) is 0 Å². The first-order chi connectivity index (χ1) is 9.54. The summed E-state index contributed by atoms with van der Waals surface area (Å²) in [5.74, 6) is 1.65. The Balaban J connectivity index is 1.71. The first-order valence-electron chi connectivity index (χ1n) is 8.50. The minimum absolute atomic E-state index is 0.0859. The van der Waals surface area contributed by atoms with E-state index in [4.69, 9.17) is 4.74 Å². The van der Waals surface area contributed by atoms with Gasteiger partial charge in [-0.3, -0.25) is 4.79 Å². The molecule has 3 nitrogen and oxygen atoms in total. The van der Waals surface area contributed by atoms with Gasteiger partial charge in [0, 0.05) is 6.04 Å². The van der Waals surface area contributed by atoms with Crippen LogP contribution in [0.5, 0.6) is 0 Å². The molecular weight excluding hydrogens is 250 g/mol. The lowest BCUT2D eigenvalue weighted by Gasteiger charge is -2.31. The normalized spacial score (nSPS) is 36.4. The fourth-order valence-corrected chi connectivity index (χ4v) is 3.58. The number of hydrogen-bond donors (Lipinski definition) is 1. The third-order valence-corrected chi connectivity index (χ3v) is 5.02. The highest BCUT2D eigenvalue weighted by atomic mass is 16.5. The Hall–Kier alpha value is -0.570. The van der Waals surface area contributed by atoms with E-state index in [9.17, 15) is 4.79 Å². The van der Waals surface area contributed by atoms with Crippen LogP contribution < -0.4 is 5.32 Å². The first kappa shape index (κ1) is 15.8. The minimum atomic E-state index is -0.301. The molecular formula is C17H31NO2. The largest absolute Gasteiger partial charge is 0.365 e. The molecule has 0 heterocycles. The molecule has 2 aliphatic rings. The highest BCUT2D eigenvalue weighted by Gasteiger charge is 2.26. The molecule has 116 valence electrons. The van der Waals surface area contributed by atoms with Crippen LogP contribution in [0, 0.1) is 11.8 Å². The van der Waals surface area contributed by atoms with E-state index >= 15 is 0 Å². The summed E-state index contributed by atoms with van der Waals surface area (Å²) >= 11 is 0. The van der Waals surface area contributed by atoms with Gasteiger partial charge >= 0.3 is 0 Å². The van der Waals surface area contributed by atoms with Gasteiger partial charge in [0.05, 0.1) is 6.10 Å². The molecule has 2 saturated carbocycles. The molecule has 3 heteroatoms. The van der Waals surface area contributed by atoms with Gasteiger partial charge in [-0.25, -0.2) is 0 Å². The van der Waals surface area contributed by atoms with E-state index in [1.165, 1.54) is 25.7 Å². The van der Waals surface area contributed by atoms with Crippen LogP contribution in [-0.2, 0) is 9.53 Å². The maximum atomic E-state index is 12.2. The molecule has 1 amide bonds. The second-order valence-electron chi connectivity index (χ2n) is 7.14. The Morgan fingerprint density at radius 3 is 2.40 bits per heavy atom. The summed E-state index contributed by atoms with van der Waals surface area (Å²) in [5, 5.41) is 3.18. The van der Waals surface area contributed by atoms with E-state index in [1.807, 2.05) is 6.92 Å². The Labute approximate surface area is 123 Å². The van der Waals surface area contributed by atoms with Gasteiger partial charge in [0.1, 0.15) is 6.10 Å². The molecule has 1 N–H and O–H groups in total. The standard InChI is InChI=1S/C17H31NO2/c1-12-7-9-15(10-8-12)18-17(19)14(3)20-16-6-4-5-13(2)11-16/h12-16H,4-11H2,1-3H3,(H,18,19)/t12?,13-,14-,15?,16+/m1/s1. The molecule has 0 aliphatic heterocycles. The van der Waals surface area contributed by atoms with Crippen molar-refractivity contribution in [2.75, 3.05) is 0 Å². The number of ether oxygens (including phenoxy) is 1. The third kappa shape index (κ3) is 4.76. The first-order valence-corrected chi connectivity index (χ1v) is 8.50. The fraction of sp³-hybridized carbons (Fsp3) is 0.941. The molecule has 0 aromatic rings. The Kier molecular flexibility index (Phi) is 5.88. The van der Waals surface area contributed by atoms with Crippen LogP contribution in [0.15, 0.2) is 0 Å². The van der Waals surface area contributed by atoms with Gasteiger partial charge in [-0.15, -0.1) is 0 Å². The van der Waals surface area contributed by atoms with Crippen molar-refractivity contribution in [2.24, 2.45) is 11.8 Å². The lowest BCUT2D eigenvalue weighted by Crippen LogP contribution is -2.44. The maximum absolute atomic E-state index is 12.2. The average Bonchev–Trinajstić information content (AvgIpc) is 2.41. The van der Waals surface area contributed by atoms with Gasteiger partial charge in [0.15, 0.2) is 0 Å². The number of amides is 1. The third-order valence-electron chi connectivity index (χ3n) is 5.02. The van der Waals surface area contributed by atoms with Crippen LogP contribution in [-0.4, -0.2) is 24.2 Å².